The van der Waals surface area contributed by atoms with Gasteiger partial charge in [0.05, 0.1) is 5.38 Å². The van der Waals surface area contributed by atoms with Crippen molar-refractivity contribution in [3.05, 3.63) is 52.5 Å². The van der Waals surface area contributed by atoms with Crippen LogP contribution in [0.4, 0.5) is 0 Å². The van der Waals surface area contributed by atoms with E-state index in [1.54, 1.807) is 11.3 Å². The van der Waals surface area contributed by atoms with Crippen LogP contribution < -0.4 is 17.0 Å². The zero-order valence-corrected chi connectivity index (χ0v) is 19.8. The molecule has 166 valence electrons. The third kappa shape index (κ3) is 8.01. The van der Waals surface area contributed by atoms with E-state index in [0.29, 0.717) is 6.54 Å². The summed E-state index contributed by atoms with van der Waals surface area (Å²) in [5.41, 5.74) is 4.78. The number of carbonyl (C=O) groups is 1. The SMILES string of the molecule is CCCCCCCCc1csc[n+]1CC(=O)N1CCN(Cc2ccccc2)CC1.[Cl-]. The summed E-state index contributed by atoms with van der Waals surface area (Å²) >= 11 is 1.71. The Morgan fingerprint density at radius 2 is 1.70 bits per heavy atom. The van der Waals surface area contributed by atoms with Crippen molar-refractivity contribution >= 4 is 17.2 Å². The number of benzene rings is 1. The summed E-state index contributed by atoms with van der Waals surface area (Å²) in [6.45, 7) is 7.32. The van der Waals surface area contributed by atoms with Gasteiger partial charge in [0.15, 0.2) is 5.69 Å². The highest BCUT2D eigenvalue weighted by Crippen LogP contribution is 2.11. The average Bonchev–Trinajstić information content (AvgIpc) is 3.18. The first kappa shape index (κ1) is 24.8. The molecule has 1 saturated heterocycles. The van der Waals surface area contributed by atoms with Crippen LogP contribution in [0, 0.1) is 0 Å². The van der Waals surface area contributed by atoms with Crippen LogP contribution >= 0.6 is 11.3 Å². The first-order valence-electron chi connectivity index (χ1n) is 11.2. The third-order valence-corrected chi connectivity index (χ3v) is 6.61. The minimum atomic E-state index is 0. The van der Waals surface area contributed by atoms with Crippen molar-refractivity contribution in [3.8, 4) is 0 Å². The van der Waals surface area contributed by atoms with Crippen molar-refractivity contribution in [1.82, 2.24) is 9.80 Å². The van der Waals surface area contributed by atoms with Gasteiger partial charge >= 0.3 is 0 Å². The molecule has 2 aromatic rings. The van der Waals surface area contributed by atoms with E-state index < -0.39 is 0 Å². The molecule has 2 heterocycles. The third-order valence-electron chi connectivity index (χ3n) is 5.83. The van der Waals surface area contributed by atoms with Gasteiger partial charge in [-0.1, -0.05) is 80.7 Å². The first-order chi connectivity index (χ1) is 14.3. The molecule has 1 amide bonds. The summed E-state index contributed by atoms with van der Waals surface area (Å²) in [6, 6.07) is 10.6. The molecule has 0 spiro atoms. The lowest BCUT2D eigenvalue weighted by molar-refractivity contribution is -0.687. The van der Waals surface area contributed by atoms with E-state index in [-0.39, 0.29) is 18.3 Å². The summed E-state index contributed by atoms with van der Waals surface area (Å²) in [5, 5.41) is 2.22. The van der Waals surface area contributed by atoms with Crippen molar-refractivity contribution in [2.75, 3.05) is 26.2 Å². The van der Waals surface area contributed by atoms with Crippen LogP contribution in [0.25, 0.3) is 0 Å². The molecule has 0 atom stereocenters. The Morgan fingerprint density at radius 1 is 1.00 bits per heavy atom. The van der Waals surface area contributed by atoms with E-state index in [1.807, 2.05) is 4.90 Å². The largest absolute Gasteiger partial charge is 1.00 e. The van der Waals surface area contributed by atoms with Gasteiger partial charge in [-0.15, -0.1) is 0 Å². The monoisotopic (exact) mass is 449 g/mol. The van der Waals surface area contributed by atoms with Crippen LogP contribution in [0.3, 0.4) is 0 Å². The molecule has 4 nitrogen and oxygen atoms in total. The van der Waals surface area contributed by atoms with E-state index in [9.17, 15) is 4.79 Å². The number of halogens is 1. The Hall–Kier alpha value is -1.43. The van der Waals surface area contributed by atoms with Crippen molar-refractivity contribution in [3.63, 3.8) is 0 Å². The Labute approximate surface area is 192 Å². The summed E-state index contributed by atoms with van der Waals surface area (Å²) < 4.78 is 2.18. The Kier molecular flexibility index (Phi) is 11.4. The van der Waals surface area contributed by atoms with Gasteiger partial charge in [-0.05, 0) is 12.0 Å². The maximum absolute atomic E-state index is 12.8. The predicted octanol–water partition coefficient (Wildman–Crippen LogP) is 1.29. The zero-order chi connectivity index (χ0) is 20.3. The molecule has 3 rings (SSSR count). The Balaban J connectivity index is 0.00000320. The Morgan fingerprint density at radius 3 is 2.43 bits per heavy atom. The van der Waals surface area contributed by atoms with Gasteiger partial charge in [0, 0.05) is 39.1 Å². The molecular formula is C24H36ClN3OS. The minimum absolute atomic E-state index is 0. The maximum Gasteiger partial charge on any atom is 0.288 e. The number of nitrogens with zero attached hydrogens (tertiary/aromatic N) is 3. The van der Waals surface area contributed by atoms with Crippen molar-refractivity contribution in [2.45, 2.75) is 65.0 Å². The molecule has 30 heavy (non-hydrogen) atoms. The quantitative estimate of drug-likeness (QED) is 0.382. The van der Waals surface area contributed by atoms with Gasteiger partial charge < -0.3 is 17.3 Å². The lowest BCUT2D eigenvalue weighted by Gasteiger charge is -2.34. The number of aryl methyl sites for hydroxylation is 1. The van der Waals surface area contributed by atoms with Crippen LogP contribution in [0.1, 0.15) is 56.7 Å². The number of hydrogen-bond acceptors (Lipinski definition) is 3. The van der Waals surface area contributed by atoms with Gasteiger partial charge in [-0.25, -0.2) is 0 Å². The average molecular weight is 450 g/mol. The molecular weight excluding hydrogens is 414 g/mol. The normalized spacial score (nSPS) is 14.5. The Bertz CT molecular complexity index is 729. The van der Waals surface area contributed by atoms with Gasteiger partial charge in [0.2, 0.25) is 12.1 Å². The molecule has 1 fully saturated rings. The summed E-state index contributed by atoms with van der Waals surface area (Å²) in [5.74, 6) is 0.261. The predicted molar refractivity (Wildman–Crippen MR) is 120 cm³/mol. The number of hydrogen-bond donors (Lipinski definition) is 0. The highest BCUT2D eigenvalue weighted by Gasteiger charge is 2.25. The fourth-order valence-electron chi connectivity index (χ4n) is 3.99. The molecule has 1 aromatic heterocycles. The van der Waals surface area contributed by atoms with Gasteiger partial charge in [-0.3, -0.25) is 9.69 Å². The molecule has 0 N–H and O–H groups in total. The van der Waals surface area contributed by atoms with Crippen LogP contribution in [0.2, 0.25) is 0 Å². The number of carbonyl (C=O) groups excluding carboxylic acids is 1. The van der Waals surface area contributed by atoms with Gasteiger partial charge in [0.1, 0.15) is 0 Å². The number of rotatable bonds is 11. The summed E-state index contributed by atoms with van der Waals surface area (Å²) in [7, 11) is 0. The molecule has 0 radical (unpaired) electrons. The van der Waals surface area contributed by atoms with Gasteiger partial charge in [0.25, 0.3) is 5.91 Å². The number of thiazole rings is 1. The molecule has 1 aliphatic rings. The molecule has 0 saturated carbocycles. The first-order valence-corrected chi connectivity index (χ1v) is 12.2. The fraction of sp³-hybridized carbons (Fsp3) is 0.583. The standard InChI is InChI=1S/C24H36N3OS.ClH/c1-2-3-4-5-6-10-13-23-20-29-21-27(23)19-24(28)26-16-14-25(15-17-26)18-22-11-8-7-9-12-22;/h7-9,11-12,20-21H,2-6,10,13-19H2,1H3;1H/q+1;/p-1. The van der Waals surface area contributed by atoms with E-state index in [1.165, 1.54) is 49.8 Å². The number of aromatic nitrogens is 1. The topological polar surface area (TPSA) is 27.4 Å². The van der Waals surface area contributed by atoms with Crippen molar-refractivity contribution in [1.29, 1.82) is 0 Å². The maximum atomic E-state index is 12.8. The second kappa shape index (κ2) is 13.8. The zero-order valence-electron chi connectivity index (χ0n) is 18.3. The minimum Gasteiger partial charge on any atom is -1.00 e. The second-order valence-corrected chi connectivity index (χ2v) is 8.86. The highest BCUT2D eigenvalue weighted by molar-refractivity contribution is 7.07. The molecule has 1 aliphatic heterocycles. The molecule has 0 unspecified atom stereocenters. The van der Waals surface area contributed by atoms with Crippen LogP contribution in [-0.4, -0.2) is 41.9 Å². The van der Waals surface area contributed by atoms with Crippen molar-refractivity contribution in [2.24, 2.45) is 0 Å². The van der Waals surface area contributed by atoms with E-state index in [4.69, 9.17) is 0 Å². The van der Waals surface area contributed by atoms with E-state index in [0.717, 1.165) is 39.1 Å². The number of amides is 1. The van der Waals surface area contributed by atoms with Gasteiger partial charge in [-0.2, -0.15) is 4.57 Å². The lowest BCUT2D eigenvalue weighted by atomic mass is 10.1. The van der Waals surface area contributed by atoms with E-state index >= 15 is 0 Å². The van der Waals surface area contributed by atoms with E-state index in [2.05, 4.69) is 57.6 Å². The highest BCUT2D eigenvalue weighted by atomic mass is 35.5. The summed E-state index contributed by atoms with van der Waals surface area (Å²) in [4.78, 5) is 17.3. The second-order valence-electron chi connectivity index (χ2n) is 8.14. The number of unbranched alkanes of at least 4 members (excludes halogenated alkanes) is 5. The van der Waals surface area contributed by atoms with Crippen LogP contribution in [0.15, 0.2) is 41.2 Å². The molecule has 6 heteroatoms. The summed E-state index contributed by atoms with van der Waals surface area (Å²) in [6.07, 6.45) is 8.96. The fourth-order valence-corrected chi connectivity index (χ4v) is 4.82. The molecule has 0 aliphatic carbocycles. The smallest absolute Gasteiger partial charge is 0.288 e. The lowest BCUT2D eigenvalue weighted by Crippen LogP contribution is -3.00. The van der Waals surface area contributed by atoms with Crippen LogP contribution in [0.5, 0.6) is 0 Å². The molecule has 1 aromatic carbocycles. The van der Waals surface area contributed by atoms with Crippen LogP contribution in [-0.2, 0) is 24.3 Å². The van der Waals surface area contributed by atoms with Crippen molar-refractivity contribution < 1.29 is 21.8 Å². The number of piperazine rings is 1. The molecule has 0 bridgehead atoms.